The number of aliphatic hydroxyl groups excluding tert-OH is 1. The number of aromatic nitrogens is 4. The van der Waals surface area contributed by atoms with Gasteiger partial charge in [-0.25, -0.2) is 4.98 Å². The van der Waals surface area contributed by atoms with Crippen LogP contribution in [0.2, 0.25) is 0 Å². The Morgan fingerprint density at radius 1 is 1.36 bits per heavy atom. The van der Waals surface area contributed by atoms with Crippen LogP contribution in [0, 0.1) is 0 Å². The van der Waals surface area contributed by atoms with Gasteiger partial charge in [-0.3, -0.25) is 4.79 Å². The average Bonchev–Trinajstić information content (AvgIpc) is 2.93. The van der Waals surface area contributed by atoms with Crippen molar-refractivity contribution >= 4 is 11.2 Å². The second-order valence-electron chi connectivity index (χ2n) is 6.02. The summed E-state index contributed by atoms with van der Waals surface area (Å²) in [6, 6.07) is 0. The molecule has 2 aromatic heterocycles. The van der Waals surface area contributed by atoms with Crippen molar-refractivity contribution in [3.05, 3.63) is 23.0 Å². The molecule has 0 aliphatic carbocycles. The van der Waals surface area contributed by atoms with E-state index in [1.165, 1.54) is 0 Å². The summed E-state index contributed by atoms with van der Waals surface area (Å²) in [6.07, 6.45) is 4.56. The third kappa shape index (κ3) is 3.05. The molecule has 0 saturated carbocycles. The Bertz CT molecular complexity index is 686. The van der Waals surface area contributed by atoms with Crippen molar-refractivity contribution < 1.29 is 9.84 Å². The topological polar surface area (TPSA) is 82.2 Å². The van der Waals surface area contributed by atoms with Crippen LogP contribution in [-0.4, -0.2) is 44.0 Å². The van der Waals surface area contributed by atoms with Crippen molar-refractivity contribution in [2.75, 3.05) is 13.7 Å². The zero-order valence-corrected chi connectivity index (χ0v) is 13.6. The summed E-state index contributed by atoms with van der Waals surface area (Å²) in [5, 5.41) is 9.22. The van der Waals surface area contributed by atoms with Gasteiger partial charge in [0.1, 0.15) is 12.0 Å². The fourth-order valence-electron chi connectivity index (χ4n) is 2.35. The van der Waals surface area contributed by atoms with Gasteiger partial charge in [0.2, 0.25) is 0 Å². The van der Waals surface area contributed by atoms with Crippen molar-refractivity contribution in [2.45, 2.75) is 51.8 Å². The number of rotatable bonds is 7. The van der Waals surface area contributed by atoms with Crippen LogP contribution in [0.25, 0.3) is 11.2 Å². The van der Waals surface area contributed by atoms with Crippen LogP contribution in [0.1, 0.15) is 33.6 Å². The number of aliphatic hydroxyl groups is 1. The number of methoxy groups -OCH3 is 1. The van der Waals surface area contributed by atoms with Gasteiger partial charge in [-0.05, 0) is 26.7 Å². The number of hydrogen-bond donors (Lipinski definition) is 1. The van der Waals surface area contributed by atoms with Crippen LogP contribution < -0.4 is 5.56 Å². The van der Waals surface area contributed by atoms with E-state index in [9.17, 15) is 9.90 Å². The Hall–Kier alpha value is -1.73. The van der Waals surface area contributed by atoms with E-state index >= 15 is 0 Å². The number of hydrogen-bond acceptors (Lipinski definition) is 5. The third-order valence-corrected chi connectivity index (χ3v) is 4.28. The standard InChI is InChI=1S/C15H24N4O3/c1-5-15(2,3)19-10-17-13(21)12-14(19)18(9-16-12)7-6-11(8-20)22-4/h9-11,20H,5-8H2,1-4H3/t11-/m0/s1. The fraction of sp³-hybridized carbons (Fsp3) is 0.667. The Labute approximate surface area is 129 Å². The predicted molar refractivity (Wildman–Crippen MR) is 83.9 cm³/mol. The van der Waals surface area contributed by atoms with Gasteiger partial charge in [0.15, 0.2) is 5.52 Å². The minimum absolute atomic E-state index is 0.0298. The number of nitrogens with zero attached hydrogens (tertiary/aromatic N) is 4. The van der Waals surface area contributed by atoms with Crippen molar-refractivity contribution in [1.29, 1.82) is 0 Å². The molecule has 0 aliphatic heterocycles. The maximum Gasteiger partial charge on any atom is 0.300 e. The Morgan fingerprint density at radius 3 is 2.68 bits per heavy atom. The molecular weight excluding hydrogens is 284 g/mol. The summed E-state index contributed by atoms with van der Waals surface area (Å²) in [5.74, 6) is 0. The van der Waals surface area contributed by atoms with Crippen LogP contribution >= 0.6 is 0 Å². The van der Waals surface area contributed by atoms with Gasteiger partial charge in [-0.2, -0.15) is 4.98 Å². The molecule has 1 atom stereocenters. The summed E-state index contributed by atoms with van der Waals surface area (Å²) >= 11 is 0. The van der Waals surface area contributed by atoms with E-state index in [-0.39, 0.29) is 23.8 Å². The number of aryl methyl sites for hydroxylation is 1. The van der Waals surface area contributed by atoms with Gasteiger partial charge in [0.05, 0.1) is 19.0 Å². The van der Waals surface area contributed by atoms with Crippen molar-refractivity contribution in [1.82, 2.24) is 19.1 Å². The molecule has 0 unspecified atom stereocenters. The van der Waals surface area contributed by atoms with Crippen LogP contribution in [-0.2, 0) is 16.8 Å². The first-order valence-corrected chi connectivity index (χ1v) is 7.51. The average molecular weight is 308 g/mol. The lowest BCUT2D eigenvalue weighted by Gasteiger charge is -2.28. The van der Waals surface area contributed by atoms with Crippen LogP contribution in [0.15, 0.2) is 17.4 Å². The highest BCUT2D eigenvalue weighted by molar-refractivity contribution is 5.70. The normalized spacial score (nSPS) is 13.7. The van der Waals surface area contributed by atoms with E-state index in [1.54, 1.807) is 19.8 Å². The largest absolute Gasteiger partial charge is 0.394 e. The lowest BCUT2D eigenvalue weighted by atomic mass is 10.0. The first kappa shape index (κ1) is 16.6. The third-order valence-electron chi connectivity index (χ3n) is 4.28. The highest BCUT2D eigenvalue weighted by Crippen LogP contribution is 2.23. The molecule has 0 fully saturated rings. The van der Waals surface area contributed by atoms with Gasteiger partial charge in [-0.1, -0.05) is 6.92 Å². The summed E-state index contributed by atoms with van der Waals surface area (Å²) in [5.41, 5.74) is 0.651. The first-order chi connectivity index (χ1) is 10.4. The van der Waals surface area contributed by atoms with Gasteiger partial charge < -0.3 is 19.0 Å². The Balaban J connectivity index is 2.48. The Kier molecular flexibility index (Phi) is 4.97. The highest BCUT2D eigenvalue weighted by atomic mass is 16.5. The minimum atomic E-state index is -0.317. The van der Waals surface area contributed by atoms with E-state index in [1.807, 2.05) is 9.13 Å². The van der Waals surface area contributed by atoms with Crippen LogP contribution in [0.3, 0.4) is 0 Å². The molecule has 7 heteroatoms. The molecule has 0 radical (unpaired) electrons. The maximum absolute atomic E-state index is 11.9. The lowest BCUT2D eigenvalue weighted by molar-refractivity contribution is 0.0405. The van der Waals surface area contributed by atoms with Crippen molar-refractivity contribution in [2.24, 2.45) is 0 Å². The lowest BCUT2D eigenvalue weighted by Crippen LogP contribution is -2.29. The number of ether oxygens (including phenoxy) is 1. The second kappa shape index (κ2) is 6.58. The molecule has 22 heavy (non-hydrogen) atoms. The zero-order chi connectivity index (χ0) is 16.3. The van der Waals surface area contributed by atoms with E-state index in [4.69, 9.17) is 4.74 Å². The highest BCUT2D eigenvalue weighted by Gasteiger charge is 2.22. The molecule has 2 heterocycles. The smallest absolute Gasteiger partial charge is 0.300 e. The SMILES string of the molecule is CCC(C)(C)n1cnc(=O)c2ncn(CC[C@@H](CO)OC)c21. The molecule has 0 aromatic carbocycles. The molecule has 0 saturated heterocycles. The molecule has 1 N–H and O–H groups in total. The minimum Gasteiger partial charge on any atom is -0.394 e. The van der Waals surface area contributed by atoms with Crippen LogP contribution in [0.5, 0.6) is 0 Å². The van der Waals surface area contributed by atoms with E-state index < -0.39 is 0 Å². The van der Waals surface area contributed by atoms with E-state index in [2.05, 4.69) is 30.7 Å². The number of imidazole rings is 1. The monoisotopic (exact) mass is 308 g/mol. The summed E-state index contributed by atoms with van der Waals surface area (Å²) < 4.78 is 9.11. The molecule has 0 amide bonds. The number of fused-ring (bicyclic) bond motifs is 1. The van der Waals surface area contributed by atoms with Gasteiger partial charge >= 0.3 is 5.56 Å². The molecule has 0 aliphatic rings. The molecule has 2 aromatic rings. The summed E-state index contributed by atoms with van der Waals surface area (Å²) in [4.78, 5) is 20.1. The van der Waals surface area contributed by atoms with Gasteiger partial charge in [-0.15, -0.1) is 0 Å². The maximum atomic E-state index is 11.9. The van der Waals surface area contributed by atoms with Gasteiger partial charge in [0.25, 0.3) is 0 Å². The van der Waals surface area contributed by atoms with Crippen LogP contribution in [0.4, 0.5) is 0 Å². The summed E-state index contributed by atoms with van der Waals surface area (Å²) in [7, 11) is 1.58. The quantitative estimate of drug-likeness (QED) is 0.829. The van der Waals surface area contributed by atoms with E-state index in [0.29, 0.717) is 18.5 Å². The van der Waals surface area contributed by atoms with Crippen molar-refractivity contribution in [3.8, 4) is 0 Å². The molecule has 7 nitrogen and oxygen atoms in total. The summed E-state index contributed by atoms with van der Waals surface area (Å²) in [6.45, 7) is 6.87. The second-order valence-corrected chi connectivity index (χ2v) is 6.02. The first-order valence-electron chi connectivity index (χ1n) is 7.51. The molecule has 0 spiro atoms. The molecular formula is C15H24N4O3. The van der Waals surface area contributed by atoms with Crippen molar-refractivity contribution in [3.63, 3.8) is 0 Å². The Morgan fingerprint density at radius 2 is 2.09 bits per heavy atom. The fourth-order valence-corrected chi connectivity index (χ4v) is 2.35. The van der Waals surface area contributed by atoms with Gasteiger partial charge in [0, 0.05) is 19.2 Å². The predicted octanol–water partition coefficient (Wildman–Crippen LogP) is 1.14. The van der Waals surface area contributed by atoms with E-state index in [0.717, 1.165) is 12.1 Å². The molecule has 122 valence electrons. The zero-order valence-electron chi connectivity index (χ0n) is 13.6. The molecule has 0 bridgehead atoms. The molecule has 2 rings (SSSR count).